The number of carbonyl (C=O) groups excluding carboxylic acids is 2. The van der Waals surface area contributed by atoms with E-state index in [0.29, 0.717) is 16.6 Å². The number of nitrogens with one attached hydrogen (secondary N) is 2. The van der Waals surface area contributed by atoms with Gasteiger partial charge in [-0.2, -0.15) is 0 Å². The molecule has 0 bridgehead atoms. The van der Waals surface area contributed by atoms with Gasteiger partial charge in [0.25, 0.3) is 5.91 Å². The highest BCUT2D eigenvalue weighted by Crippen LogP contribution is 2.33. The molecule has 3 rings (SSSR count). The fourth-order valence-corrected chi connectivity index (χ4v) is 6.01. The van der Waals surface area contributed by atoms with Crippen molar-refractivity contribution in [3.05, 3.63) is 57.6 Å². The molecule has 1 aliphatic heterocycles. The summed E-state index contributed by atoms with van der Waals surface area (Å²) >= 11 is 12.9. The maximum Gasteiger partial charge on any atom is 0.317 e. The number of rotatable bonds is 8. The number of halogens is 2. The van der Waals surface area contributed by atoms with Crippen LogP contribution in [0, 0.1) is 0 Å². The number of benzene rings is 2. The Labute approximate surface area is 206 Å². The van der Waals surface area contributed by atoms with Crippen LogP contribution in [0.5, 0.6) is 5.75 Å². The van der Waals surface area contributed by atoms with Gasteiger partial charge in [-0.3, -0.25) is 4.79 Å². The van der Waals surface area contributed by atoms with E-state index in [1.165, 1.54) is 0 Å². The van der Waals surface area contributed by atoms with E-state index in [1.54, 1.807) is 29.2 Å². The first-order valence-electron chi connectivity index (χ1n) is 11.1. The van der Waals surface area contributed by atoms with Gasteiger partial charge in [0.2, 0.25) is 0 Å². The SMILES string of the molecule is CC(CNC(=O)N1CCCC1)NC(=O)c1c(Cl)cc(CCP(C)c2cccc(O)c2)cc1Cl. The summed E-state index contributed by atoms with van der Waals surface area (Å²) < 4.78 is 0. The van der Waals surface area contributed by atoms with Gasteiger partial charge in [0.1, 0.15) is 5.75 Å². The second kappa shape index (κ2) is 11.9. The van der Waals surface area contributed by atoms with Gasteiger partial charge in [-0.05, 0) is 74.1 Å². The number of aryl methyl sites for hydroxylation is 1. The molecule has 0 radical (unpaired) electrons. The topological polar surface area (TPSA) is 81.7 Å². The summed E-state index contributed by atoms with van der Waals surface area (Å²) in [6.45, 7) is 5.86. The molecular formula is C24H30Cl2N3O3P. The van der Waals surface area contributed by atoms with Gasteiger partial charge in [-0.1, -0.05) is 43.3 Å². The molecule has 2 aromatic rings. The number of hydrogen-bond acceptors (Lipinski definition) is 3. The van der Waals surface area contributed by atoms with E-state index in [9.17, 15) is 14.7 Å². The van der Waals surface area contributed by atoms with E-state index in [-0.39, 0.29) is 29.3 Å². The summed E-state index contributed by atoms with van der Waals surface area (Å²) in [5, 5.41) is 17.1. The lowest BCUT2D eigenvalue weighted by Crippen LogP contribution is -2.45. The van der Waals surface area contributed by atoms with Crippen molar-refractivity contribution in [2.45, 2.75) is 32.2 Å². The lowest BCUT2D eigenvalue weighted by molar-refractivity contribution is 0.0939. The van der Waals surface area contributed by atoms with Crippen LogP contribution >= 0.6 is 31.1 Å². The monoisotopic (exact) mass is 509 g/mol. The van der Waals surface area contributed by atoms with E-state index >= 15 is 0 Å². The zero-order valence-corrected chi connectivity index (χ0v) is 21.3. The molecule has 6 nitrogen and oxygen atoms in total. The highest BCUT2D eigenvalue weighted by Gasteiger charge is 2.21. The number of hydrogen-bond donors (Lipinski definition) is 3. The lowest BCUT2D eigenvalue weighted by Gasteiger charge is -2.20. The van der Waals surface area contributed by atoms with E-state index < -0.39 is 7.92 Å². The Hall–Kier alpha value is -2.01. The van der Waals surface area contributed by atoms with Crippen LogP contribution < -0.4 is 15.9 Å². The van der Waals surface area contributed by atoms with Crippen molar-refractivity contribution in [2.24, 2.45) is 0 Å². The number of aromatic hydroxyl groups is 1. The maximum atomic E-state index is 12.8. The highest BCUT2D eigenvalue weighted by atomic mass is 35.5. The molecule has 1 fully saturated rings. The minimum atomic E-state index is -0.443. The molecule has 2 unspecified atom stereocenters. The molecule has 1 aliphatic rings. The van der Waals surface area contributed by atoms with Crippen LogP contribution in [-0.4, -0.2) is 60.4 Å². The molecule has 0 saturated carbocycles. The Bertz CT molecular complexity index is 976. The highest BCUT2D eigenvalue weighted by molar-refractivity contribution is 7.64. The minimum absolute atomic E-state index is 0.101. The summed E-state index contributed by atoms with van der Waals surface area (Å²) in [6.07, 6.45) is 3.73. The van der Waals surface area contributed by atoms with Gasteiger partial charge < -0.3 is 20.6 Å². The van der Waals surface area contributed by atoms with Crippen molar-refractivity contribution in [1.29, 1.82) is 0 Å². The van der Waals surface area contributed by atoms with Gasteiger partial charge >= 0.3 is 6.03 Å². The third kappa shape index (κ3) is 7.23. The standard InChI is InChI=1S/C24H30Cl2N3O3P/c1-16(15-27-24(32)29-9-3-4-10-29)28-23(31)22-20(25)12-17(13-21(22)26)8-11-33(2)19-7-5-6-18(30)14-19/h5-7,12-14,16,30H,3-4,8-11,15H2,1-2H3,(H,27,32)(H,28,31). The molecular weight excluding hydrogens is 480 g/mol. The van der Waals surface area contributed by atoms with Crippen LogP contribution in [0.25, 0.3) is 0 Å². The van der Waals surface area contributed by atoms with Crippen molar-refractivity contribution in [3.63, 3.8) is 0 Å². The fourth-order valence-electron chi connectivity index (χ4n) is 3.76. The molecule has 1 heterocycles. The van der Waals surface area contributed by atoms with Crippen molar-refractivity contribution in [1.82, 2.24) is 15.5 Å². The third-order valence-electron chi connectivity index (χ3n) is 5.67. The lowest BCUT2D eigenvalue weighted by atomic mass is 10.1. The Morgan fingerprint density at radius 2 is 1.82 bits per heavy atom. The normalized spacial score (nSPS) is 15.2. The summed E-state index contributed by atoms with van der Waals surface area (Å²) in [5.74, 6) is -0.0925. The predicted octanol–water partition coefficient (Wildman–Crippen LogP) is 4.60. The first-order valence-corrected chi connectivity index (χ1v) is 13.8. The number of phenolic OH excluding ortho intramolecular Hbond substituents is 1. The Kier molecular flexibility index (Phi) is 9.25. The Morgan fingerprint density at radius 3 is 2.45 bits per heavy atom. The predicted molar refractivity (Wildman–Crippen MR) is 137 cm³/mol. The van der Waals surface area contributed by atoms with Crippen molar-refractivity contribution < 1.29 is 14.7 Å². The van der Waals surface area contributed by atoms with Crippen LogP contribution in [0.1, 0.15) is 35.7 Å². The molecule has 178 valence electrons. The molecule has 3 amide bonds. The number of phenols is 1. The number of likely N-dealkylation sites (tertiary alicyclic amines) is 1. The third-order valence-corrected chi connectivity index (χ3v) is 8.32. The number of amides is 3. The molecule has 2 atom stereocenters. The number of nitrogens with zero attached hydrogens (tertiary/aromatic N) is 1. The average Bonchev–Trinajstić information content (AvgIpc) is 3.30. The number of urea groups is 1. The quantitative estimate of drug-likeness (QED) is 0.454. The summed E-state index contributed by atoms with van der Waals surface area (Å²) in [4.78, 5) is 26.7. The zero-order valence-electron chi connectivity index (χ0n) is 18.9. The van der Waals surface area contributed by atoms with Gasteiger partial charge in [0, 0.05) is 25.7 Å². The molecule has 9 heteroatoms. The first-order chi connectivity index (χ1) is 15.7. The van der Waals surface area contributed by atoms with Crippen molar-refractivity contribution in [3.8, 4) is 5.75 Å². The van der Waals surface area contributed by atoms with Gasteiger partial charge in [0.15, 0.2) is 0 Å². The zero-order chi connectivity index (χ0) is 24.0. The molecule has 2 aromatic carbocycles. The van der Waals surface area contributed by atoms with Crippen LogP contribution in [0.2, 0.25) is 10.0 Å². The Balaban J connectivity index is 1.55. The van der Waals surface area contributed by atoms with Crippen molar-refractivity contribution in [2.75, 3.05) is 32.5 Å². The summed E-state index contributed by atoms with van der Waals surface area (Å²) in [5.41, 5.74) is 1.20. The van der Waals surface area contributed by atoms with E-state index in [2.05, 4.69) is 17.3 Å². The van der Waals surface area contributed by atoms with E-state index in [4.69, 9.17) is 23.2 Å². The van der Waals surface area contributed by atoms with Crippen LogP contribution in [0.4, 0.5) is 4.79 Å². The van der Waals surface area contributed by atoms with Gasteiger partial charge in [0.05, 0.1) is 15.6 Å². The van der Waals surface area contributed by atoms with Crippen LogP contribution in [0.15, 0.2) is 36.4 Å². The molecule has 0 spiro atoms. The average molecular weight is 510 g/mol. The fraction of sp³-hybridized carbons (Fsp3) is 0.417. The van der Waals surface area contributed by atoms with E-state index in [1.807, 2.05) is 19.1 Å². The summed E-state index contributed by atoms with van der Waals surface area (Å²) in [6, 6.07) is 10.5. The smallest absolute Gasteiger partial charge is 0.317 e. The van der Waals surface area contributed by atoms with Crippen LogP contribution in [0.3, 0.4) is 0 Å². The maximum absolute atomic E-state index is 12.8. The minimum Gasteiger partial charge on any atom is -0.508 e. The molecule has 33 heavy (non-hydrogen) atoms. The second-order valence-electron chi connectivity index (χ2n) is 8.38. The van der Waals surface area contributed by atoms with Crippen LogP contribution in [-0.2, 0) is 6.42 Å². The second-order valence-corrected chi connectivity index (χ2v) is 11.6. The largest absolute Gasteiger partial charge is 0.508 e. The van der Waals surface area contributed by atoms with Crippen molar-refractivity contribution >= 4 is 48.4 Å². The molecule has 1 saturated heterocycles. The van der Waals surface area contributed by atoms with Gasteiger partial charge in [-0.15, -0.1) is 0 Å². The first kappa shape index (κ1) is 25.6. The molecule has 0 aliphatic carbocycles. The molecule has 0 aromatic heterocycles. The summed E-state index contributed by atoms with van der Waals surface area (Å²) in [7, 11) is -0.443. The van der Waals surface area contributed by atoms with Gasteiger partial charge in [-0.25, -0.2) is 4.79 Å². The van der Waals surface area contributed by atoms with E-state index in [0.717, 1.165) is 49.4 Å². The Morgan fingerprint density at radius 1 is 1.15 bits per heavy atom. The number of carbonyl (C=O) groups is 2. The molecule has 3 N–H and O–H groups in total.